The Morgan fingerprint density at radius 3 is 2.86 bits per heavy atom. The van der Waals surface area contributed by atoms with Crippen molar-refractivity contribution in [3.8, 4) is 0 Å². The predicted octanol–water partition coefficient (Wildman–Crippen LogP) is 1.30. The molecule has 0 saturated heterocycles. The molecule has 0 heterocycles. The van der Waals surface area contributed by atoms with E-state index in [2.05, 4.69) is 29.0 Å². The molecule has 0 unspecified atom stereocenters. The van der Waals surface area contributed by atoms with Crippen LogP contribution in [0.25, 0.3) is 0 Å². The summed E-state index contributed by atoms with van der Waals surface area (Å²) in [7, 11) is 0. The first-order chi connectivity index (χ1) is 6.53. The van der Waals surface area contributed by atoms with E-state index in [1.165, 1.54) is 0 Å². The van der Waals surface area contributed by atoms with Gasteiger partial charge in [-0.15, -0.1) is 0 Å². The second-order valence-corrected chi connectivity index (χ2v) is 4.16. The summed E-state index contributed by atoms with van der Waals surface area (Å²) in [6.45, 7) is 4.15. The fraction of sp³-hybridized carbons (Fsp3) is 0.300. The van der Waals surface area contributed by atoms with Crippen LogP contribution < -0.4 is 5.32 Å². The first kappa shape index (κ1) is 11.1. The van der Waals surface area contributed by atoms with Crippen molar-refractivity contribution in [1.82, 2.24) is 5.32 Å². The summed E-state index contributed by atoms with van der Waals surface area (Å²) < 4.78 is 4.66. The molecule has 1 N–H and O–H groups in total. The van der Waals surface area contributed by atoms with E-state index in [4.69, 9.17) is 0 Å². The molecule has 4 heteroatoms. The summed E-state index contributed by atoms with van der Waals surface area (Å²) in [5.74, 6) is 0. The number of hydrogen-bond acceptors (Lipinski definition) is 2. The second kappa shape index (κ2) is 4.50. The molecule has 1 rings (SSSR count). The maximum atomic E-state index is 11.0. The second-order valence-electron chi connectivity index (χ2n) is 3.76. The van der Waals surface area contributed by atoms with Crippen LogP contribution in [-0.2, 0) is 3.79 Å². The minimum absolute atomic E-state index is 0.0444. The van der Waals surface area contributed by atoms with Gasteiger partial charge >= 0.3 is 22.7 Å². The molecule has 1 amide bonds. The smallest absolute Gasteiger partial charge is 0.501 e. The maximum absolute atomic E-state index is 11.0. The molecule has 1 aliphatic rings. The molecule has 0 aliphatic heterocycles. The van der Waals surface area contributed by atoms with Crippen molar-refractivity contribution in [2.75, 3.05) is 0 Å². The molecule has 0 atom stereocenters. The number of hydrogen-bond donors (Lipinski definition) is 1. The van der Waals surface area contributed by atoms with Crippen LogP contribution in [0.15, 0.2) is 36.1 Å². The summed E-state index contributed by atoms with van der Waals surface area (Å²) in [4.78, 5) is 11.0. The average Bonchev–Trinajstić information content (AvgIpc) is 2.26. The lowest BCUT2D eigenvalue weighted by atomic mass is 9.92. The van der Waals surface area contributed by atoms with Crippen LogP contribution >= 0.6 is 0 Å². The van der Waals surface area contributed by atoms with Crippen LogP contribution in [-0.4, -0.2) is 22.7 Å². The van der Waals surface area contributed by atoms with E-state index in [-0.39, 0.29) is 11.5 Å². The number of rotatable bonds is 1. The van der Waals surface area contributed by atoms with E-state index in [9.17, 15) is 4.79 Å². The molecule has 0 aromatic heterocycles. The van der Waals surface area contributed by atoms with E-state index in [1.807, 2.05) is 24.3 Å². The number of carbonyl (C=O) groups is 1. The molecule has 0 saturated carbocycles. The summed E-state index contributed by atoms with van der Waals surface area (Å²) in [5, 5.41) is 2.67. The van der Waals surface area contributed by atoms with Crippen LogP contribution in [0.5, 0.6) is 0 Å². The van der Waals surface area contributed by atoms with Gasteiger partial charge in [-0.1, -0.05) is 38.2 Å². The molecule has 0 spiro atoms. The van der Waals surface area contributed by atoms with Gasteiger partial charge in [-0.25, -0.2) is 4.79 Å². The number of carbonyl (C=O) groups excluding carboxylic acids is 1. The van der Waals surface area contributed by atoms with Crippen LogP contribution in [0.3, 0.4) is 0 Å². The van der Waals surface area contributed by atoms with Crippen LogP contribution in [0.2, 0.25) is 0 Å². The van der Waals surface area contributed by atoms with Gasteiger partial charge in [0.2, 0.25) is 0 Å². The highest BCUT2D eigenvalue weighted by atomic mass is 27.1. The summed E-state index contributed by atoms with van der Waals surface area (Å²) >= 11 is 0.411. The largest absolute Gasteiger partial charge is 0.606 e. The highest BCUT2D eigenvalue weighted by molar-refractivity contribution is 6.05. The SMILES string of the molecule is CC1(C)C=CC=CC(NC(=O)[O][AlH2])=C1. The van der Waals surface area contributed by atoms with E-state index >= 15 is 0 Å². The minimum atomic E-state index is -0.384. The third-order valence-corrected chi connectivity index (χ3v) is 2.24. The zero-order valence-electron chi connectivity index (χ0n) is 8.70. The zero-order chi connectivity index (χ0) is 10.6. The molecule has 74 valence electrons. The van der Waals surface area contributed by atoms with Crippen LogP contribution in [0, 0.1) is 5.41 Å². The Balaban J connectivity index is 2.78. The van der Waals surface area contributed by atoms with Crippen molar-refractivity contribution in [1.29, 1.82) is 0 Å². The Hall–Kier alpha value is -0.978. The van der Waals surface area contributed by atoms with Crippen molar-refractivity contribution < 1.29 is 8.58 Å². The monoisotopic (exact) mass is 207 g/mol. The fourth-order valence-corrected chi connectivity index (χ4v) is 1.31. The Kier molecular flexibility index (Phi) is 3.57. The molecule has 3 nitrogen and oxygen atoms in total. The first-order valence-corrected chi connectivity index (χ1v) is 5.29. The van der Waals surface area contributed by atoms with Gasteiger partial charge in [0.05, 0.1) is 0 Å². The molecule has 0 aromatic carbocycles. The lowest BCUT2D eigenvalue weighted by Gasteiger charge is -2.15. The van der Waals surface area contributed by atoms with E-state index in [1.54, 1.807) is 0 Å². The number of nitrogens with one attached hydrogen (secondary N) is 1. The first-order valence-electron chi connectivity index (χ1n) is 4.47. The maximum Gasteiger partial charge on any atom is 0.501 e. The van der Waals surface area contributed by atoms with Gasteiger partial charge in [-0.05, 0) is 6.08 Å². The predicted molar refractivity (Wildman–Crippen MR) is 58.3 cm³/mol. The van der Waals surface area contributed by atoms with E-state index in [0.29, 0.717) is 16.6 Å². The third-order valence-electron chi connectivity index (χ3n) is 1.87. The standard InChI is InChI=1S/C10H13NO2.Al.2H/c1-10(2)6-4-3-5-8(7-10)11-9(12)13;;;/h3-7,11H,1-2H3,(H,12,13);;;/q;+1;;/p-1. The Bertz CT molecular complexity index is 316. The number of allylic oxidation sites excluding steroid dienone is 5. The molecular formula is C10H14AlNO2. The molecular weight excluding hydrogens is 193 g/mol. The van der Waals surface area contributed by atoms with Gasteiger partial charge in [0.25, 0.3) is 0 Å². The molecule has 0 aromatic rings. The lowest BCUT2D eigenvalue weighted by molar-refractivity contribution is 0.208. The van der Waals surface area contributed by atoms with Gasteiger partial charge in [-0.3, -0.25) is 5.32 Å². The van der Waals surface area contributed by atoms with Crippen molar-refractivity contribution in [3.63, 3.8) is 0 Å². The lowest BCUT2D eigenvalue weighted by Crippen LogP contribution is -2.23. The Labute approximate surface area is 92.3 Å². The average molecular weight is 207 g/mol. The summed E-state index contributed by atoms with van der Waals surface area (Å²) in [5.41, 5.74) is 0.734. The highest BCUT2D eigenvalue weighted by Gasteiger charge is 2.13. The fourth-order valence-electron chi connectivity index (χ4n) is 1.21. The van der Waals surface area contributed by atoms with Crippen molar-refractivity contribution in [2.24, 2.45) is 5.41 Å². The molecule has 0 bridgehead atoms. The minimum Gasteiger partial charge on any atom is -0.606 e. The van der Waals surface area contributed by atoms with Gasteiger partial charge in [0, 0.05) is 11.1 Å². The Morgan fingerprint density at radius 1 is 1.50 bits per heavy atom. The van der Waals surface area contributed by atoms with E-state index in [0.717, 1.165) is 5.70 Å². The van der Waals surface area contributed by atoms with Crippen molar-refractivity contribution in [2.45, 2.75) is 13.8 Å². The highest BCUT2D eigenvalue weighted by Crippen LogP contribution is 2.22. The van der Waals surface area contributed by atoms with Gasteiger partial charge in [0.15, 0.2) is 0 Å². The van der Waals surface area contributed by atoms with Gasteiger partial charge < -0.3 is 3.79 Å². The summed E-state index contributed by atoms with van der Waals surface area (Å²) in [6.07, 6.45) is 9.40. The quantitative estimate of drug-likeness (QED) is 0.658. The Morgan fingerprint density at radius 2 is 2.21 bits per heavy atom. The molecule has 0 fully saturated rings. The van der Waals surface area contributed by atoms with E-state index < -0.39 is 0 Å². The summed E-state index contributed by atoms with van der Waals surface area (Å²) in [6, 6.07) is 0. The molecule has 1 aliphatic carbocycles. The van der Waals surface area contributed by atoms with Gasteiger partial charge in [-0.2, -0.15) is 0 Å². The van der Waals surface area contributed by atoms with Crippen molar-refractivity contribution >= 4 is 22.7 Å². The zero-order valence-corrected chi connectivity index (χ0v) is 10.7. The topological polar surface area (TPSA) is 38.3 Å². The van der Waals surface area contributed by atoms with Crippen LogP contribution in [0.4, 0.5) is 4.79 Å². The van der Waals surface area contributed by atoms with Crippen molar-refractivity contribution in [3.05, 3.63) is 36.1 Å². The third kappa shape index (κ3) is 3.41. The van der Waals surface area contributed by atoms with Crippen LogP contribution in [0.1, 0.15) is 13.8 Å². The van der Waals surface area contributed by atoms with Gasteiger partial charge in [0.1, 0.15) is 0 Å². The molecule has 14 heavy (non-hydrogen) atoms. The number of amides is 1. The normalized spacial score (nSPS) is 18.3. The molecule has 0 radical (unpaired) electrons.